The quantitative estimate of drug-likeness (QED) is 0.139. The second-order valence-electron chi connectivity index (χ2n) is 14.8. The van der Waals surface area contributed by atoms with Gasteiger partial charge < -0.3 is 28.4 Å². The highest BCUT2D eigenvalue weighted by atomic mass is 16.7. The summed E-state index contributed by atoms with van der Waals surface area (Å²) in [6.07, 6.45) is 6.43. The summed E-state index contributed by atoms with van der Waals surface area (Å²) < 4.78 is 38.1. The van der Waals surface area contributed by atoms with E-state index in [0.717, 1.165) is 109 Å². The van der Waals surface area contributed by atoms with E-state index in [9.17, 15) is 0 Å². The second-order valence-corrected chi connectivity index (χ2v) is 14.8. The van der Waals surface area contributed by atoms with Crippen molar-refractivity contribution in [3.8, 4) is 45.3 Å². The lowest BCUT2D eigenvalue weighted by molar-refractivity contribution is -0.106. The summed E-state index contributed by atoms with van der Waals surface area (Å²) in [4.78, 5) is 0. The Bertz CT molecular complexity index is 1730. The third kappa shape index (κ3) is 8.83. The summed E-state index contributed by atoms with van der Waals surface area (Å²) in [6, 6.07) is 25.3. The van der Waals surface area contributed by atoms with E-state index in [2.05, 4.69) is 90.1 Å². The number of rotatable bonds is 12. The Kier molecular flexibility index (Phi) is 11.7. The van der Waals surface area contributed by atoms with Gasteiger partial charge in [0.05, 0.1) is 26.4 Å². The third-order valence-corrected chi connectivity index (χ3v) is 9.39. The van der Waals surface area contributed by atoms with Gasteiger partial charge in [0.1, 0.15) is 23.0 Å². The first kappa shape index (κ1) is 35.8. The van der Waals surface area contributed by atoms with Gasteiger partial charge in [-0.15, -0.1) is 0 Å². The Hall–Kier alpha value is -4.00. The molecule has 4 aromatic rings. The number of hydrogen-bond acceptors (Lipinski definition) is 6. The van der Waals surface area contributed by atoms with Crippen LogP contribution in [-0.2, 0) is 14.9 Å². The van der Waals surface area contributed by atoms with Gasteiger partial charge in [0.25, 0.3) is 0 Å². The molecule has 0 aromatic heterocycles. The molecule has 0 amide bonds. The summed E-state index contributed by atoms with van der Waals surface area (Å²) in [5.74, 6) is 3.40. The standard InChI is InChI=1S/C44H54O6/c1-30-26-32(3)42(49-40-20-11-13-22-47-40)35(27-30)33-16-7-9-18-38(33)45-24-15-25-46-39-19-10-8-17-34(39)36-28-31(2)29-37(44(4,5)6)43(36)50-41-21-12-14-23-48-41/h7-10,16-19,26-29,40-41H,11-15,20-25H2,1-6H3. The average Bonchev–Trinajstić information content (AvgIpc) is 3.10. The largest absolute Gasteiger partial charge is 0.493 e. The summed E-state index contributed by atoms with van der Waals surface area (Å²) in [5.41, 5.74) is 8.62. The van der Waals surface area contributed by atoms with Crippen molar-refractivity contribution in [2.75, 3.05) is 26.4 Å². The molecule has 0 saturated carbocycles. The van der Waals surface area contributed by atoms with Crippen molar-refractivity contribution in [3.63, 3.8) is 0 Å². The van der Waals surface area contributed by atoms with Gasteiger partial charge in [-0.05, 0) is 92.8 Å². The summed E-state index contributed by atoms with van der Waals surface area (Å²) >= 11 is 0. The molecule has 0 radical (unpaired) electrons. The minimum absolute atomic E-state index is 0.109. The maximum Gasteiger partial charge on any atom is 0.199 e. The average molecular weight is 679 g/mol. The molecule has 0 aliphatic carbocycles. The number of aryl methyl sites for hydroxylation is 3. The molecule has 2 unspecified atom stereocenters. The van der Waals surface area contributed by atoms with Crippen molar-refractivity contribution < 1.29 is 28.4 Å². The van der Waals surface area contributed by atoms with E-state index < -0.39 is 0 Å². The molecule has 2 aliphatic heterocycles. The lowest BCUT2D eigenvalue weighted by atomic mass is 9.83. The first-order chi connectivity index (χ1) is 24.2. The molecular weight excluding hydrogens is 624 g/mol. The molecule has 2 heterocycles. The van der Waals surface area contributed by atoms with Crippen LogP contribution in [0.15, 0.2) is 72.8 Å². The monoisotopic (exact) mass is 678 g/mol. The van der Waals surface area contributed by atoms with Gasteiger partial charge in [-0.1, -0.05) is 69.3 Å². The summed E-state index contributed by atoms with van der Waals surface area (Å²) in [7, 11) is 0. The molecule has 4 aromatic carbocycles. The van der Waals surface area contributed by atoms with Crippen molar-refractivity contribution >= 4 is 0 Å². The molecular formula is C44H54O6. The number of hydrogen-bond donors (Lipinski definition) is 0. The zero-order valence-electron chi connectivity index (χ0n) is 30.8. The van der Waals surface area contributed by atoms with E-state index in [1.165, 1.54) is 16.7 Å². The zero-order valence-corrected chi connectivity index (χ0v) is 30.8. The number of para-hydroxylation sites is 2. The van der Waals surface area contributed by atoms with Crippen molar-refractivity contribution in [1.29, 1.82) is 0 Å². The topological polar surface area (TPSA) is 55.4 Å². The molecule has 6 rings (SSSR count). The van der Waals surface area contributed by atoms with E-state index in [1.54, 1.807) is 0 Å². The molecule has 2 atom stereocenters. The molecule has 2 aliphatic rings. The zero-order chi connectivity index (χ0) is 35.1. The molecule has 2 saturated heterocycles. The molecule has 0 spiro atoms. The SMILES string of the molecule is Cc1cc(C)c(OC2CCCCO2)c(-c2ccccc2OCCCOc2ccccc2-c2cc(C)cc(C(C)(C)C)c2OC2CCCCO2)c1. The first-order valence-electron chi connectivity index (χ1n) is 18.4. The lowest BCUT2D eigenvalue weighted by Crippen LogP contribution is -2.27. The molecule has 50 heavy (non-hydrogen) atoms. The maximum absolute atomic E-state index is 6.70. The molecule has 266 valence electrons. The highest BCUT2D eigenvalue weighted by Crippen LogP contribution is 2.45. The highest BCUT2D eigenvalue weighted by molar-refractivity contribution is 5.79. The van der Waals surface area contributed by atoms with Gasteiger partial charge in [-0.2, -0.15) is 0 Å². The van der Waals surface area contributed by atoms with Crippen molar-refractivity contribution in [2.24, 2.45) is 0 Å². The minimum atomic E-state index is -0.244. The molecule has 0 N–H and O–H groups in total. The molecule has 2 fully saturated rings. The fraction of sp³-hybridized carbons (Fsp3) is 0.455. The summed E-state index contributed by atoms with van der Waals surface area (Å²) in [5, 5.41) is 0. The van der Waals surface area contributed by atoms with Gasteiger partial charge in [-0.3, -0.25) is 0 Å². The van der Waals surface area contributed by atoms with E-state index in [0.29, 0.717) is 13.2 Å². The number of ether oxygens (including phenoxy) is 6. The van der Waals surface area contributed by atoms with Gasteiger partial charge >= 0.3 is 0 Å². The van der Waals surface area contributed by atoms with Crippen molar-refractivity contribution in [3.05, 3.63) is 95.1 Å². The van der Waals surface area contributed by atoms with Crippen LogP contribution in [-0.4, -0.2) is 39.0 Å². The Morgan fingerprint density at radius 1 is 0.600 bits per heavy atom. The van der Waals surface area contributed by atoms with Crippen LogP contribution in [0.4, 0.5) is 0 Å². The van der Waals surface area contributed by atoms with E-state index in [-0.39, 0.29) is 18.0 Å². The normalized spacial score (nSPS) is 18.0. The Labute approximate surface area is 299 Å². The van der Waals surface area contributed by atoms with Crippen LogP contribution < -0.4 is 18.9 Å². The van der Waals surface area contributed by atoms with Crippen molar-refractivity contribution in [1.82, 2.24) is 0 Å². The van der Waals surface area contributed by atoms with E-state index >= 15 is 0 Å². The second kappa shape index (κ2) is 16.3. The Morgan fingerprint density at radius 2 is 1.10 bits per heavy atom. The lowest BCUT2D eigenvalue weighted by Gasteiger charge is -2.30. The highest BCUT2D eigenvalue weighted by Gasteiger charge is 2.27. The first-order valence-corrected chi connectivity index (χ1v) is 18.4. The molecule has 6 heteroatoms. The minimum Gasteiger partial charge on any atom is -0.493 e. The number of benzene rings is 4. The van der Waals surface area contributed by atoms with Gasteiger partial charge in [0, 0.05) is 47.1 Å². The fourth-order valence-corrected chi connectivity index (χ4v) is 6.89. The van der Waals surface area contributed by atoms with E-state index in [4.69, 9.17) is 28.4 Å². The van der Waals surface area contributed by atoms with Crippen molar-refractivity contribution in [2.45, 2.75) is 104 Å². The van der Waals surface area contributed by atoms with E-state index in [1.807, 2.05) is 24.3 Å². The van der Waals surface area contributed by atoms with Crippen LogP contribution in [0.3, 0.4) is 0 Å². The van der Waals surface area contributed by atoms with Crippen LogP contribution in [0.2, 0.25) is 0 Å². The Morgan fingerprint density at radius 3 is 1.62 bits per heavy atom. The van der Waals surface area contributed by atoms with Gasteiger partial charge in [0.2, 0.25) is 0 Å². The molecule has 0 bridgehead atoms. The van der Waals surface area contributed by atoms with Crippen LogP contribution in [0, 0.1) is 20.8 Å². The Balaban J connectivity index is 1.17. The smallest absolute Gasteiger partial charge is 0.199 e. The van der Waals surface area contributed by atoms with Crippen LogP contribution in [0.1, 0.15) is 88.0 Å². The van der Waals surface area contributed by atoms with Crippen LogP contribution in [0.5, 0.6) is 23.0 Å². The predicted molar refractivity (Wildman–Crippen MR) is 201 cm³/mol. The van der Waals surface area contributed by atoms with Gasteiger partial charge in [0.15, 0.2) is 12.6 Å². The summed E-state index contributed by atoms with van der Waals surface area (Å²) in [6.45, 7) is 15.6. The van der Waals surface area contributed by atoms with Crippen LogP contribution >= 0.6 is 0 Å². The maximum atomic E-state index is 6.70. The fourth-order valence-electron chi connectivity index (χ4n) is 6.89. The van der Waals surface area contributed by atoms with Crippen LogP contribution in [0.25, 0.3) is 22.3 Å². The molecule has 6 nitrogen and oxygen atoms in total. The van der Waals surface area contributed by atoms with Gasteiger partial charge in [-0.25, -0.2) is 0 Å². The third-order valence-electron chi connectivity index (χ3n) is 9.39. The predicted octanol–water partition coefficient (Wildman–Crippen LogP) is 10.9.